The van der Waals surface area contributed by atoms with Crippen LogP contribution in [0.5, 0.6) is 0 Å². The Kier molecular flexibility index (Phi) is 5.09. The van der Waals surface area contributed by atoms with Crippen LogP contribution >= 0.6 is 11.6 Å². The first-order valence-electron chi connectivity index (χ1n) is 9.22. The summed E-state index contributed by atoms with van der Waals surface area (Å²) in [4.78, 5) is 14.8. The SMILES string of the molecule is C[C@H](C(=O)Nc1ccc(Cl)cc1)N1CCC(c2nnc3ccccn23)CC1. The van der Waals surface area contributed by atoms with E-state index < -0.39 is 0 Å². The Bertz CT molecular complexity index is 931. The molecule has 6 nitrogen and oxygen atoms in total. The molecule has 1 saturated heterocycles. The van der Waals surface area contributed by atoms with Gasteiger partial charge in [0.05, 0.1) is 6.04 Å². The summed E-state index contributed by atoms with van der Waals surface area (Å²) in [6, 6.07) is 12.9. The maximum atomic E-state index is 12.6. The van der Waals surface area contributed by atoms with Crippen molar-refractivity contribution in [1.29, 1.82) is 0 Å². The number of likely N-dealkylation sites (tertiary alicyclic amines) is 1. The van der Waals surface area contributed by atoms with Gasteiger partial charge in [0.1, 0.15) is 5.82 Å². The monoisotopic (exact) mass is 383 g/mol. The number of pyridine rings is 1. The number of nitrogens with one attached hydrogen (secondary N) is 1. The fourth-order valence-corrected chi connectivity index (χ4v) is 3.75. The van der Waals surface area contributed by atoms with Crippen LogP contribution in [0.3, 0.4) is 0 Å². The molecule has 0 saturated carbocycles. The minimum Gasteiger partial charge on any atom is -0.325 e. The molecule has 0 radical (unpaired) electrons. The van der Waals surface area contributed by atoms with Gasteiger partial charge in [-0.05, 0) is 69.3 Å². The molecule has 3 heterocycles. The standard InChI is InChI=1S/C20H22ClN5O/c1-14(20(27)22-17-7-5-16(21)6-8-17)25-12-9-15(10-13-25)19-24-23-18-4-2-3-11-26(18)19/h2-8,11,14-15H,9-10,12-13H2,1H3,(H,22,27)/t14-/m1/s1. The second-order valence-electron chi connectivity index (χ2n) is 6.97. The van der Waals surface area contributed by atoms with Gasteiger partial charge in [-0.25, -0.2) is 0 Å². The molecule has 1 amide bonds. The zero-order chi connectivity index (χ0) is 18.8. The third kappa shape index (κ3) is 3.82. The number of amides is 1. The van der Waals surface area contributed by atoms with Crippen molar-refractivity contribution in [3.63, 3.8) is 0 Å². The quantitative estimate of drug-likeness (QED) is 0.747. The third-order valence-corrected chi connectivity index (χ3v) is 5.53. The minimum atomic E-state index is -0.184. The molecule has 2 aromatic heterocycles. The molecular formula is C20H22ClN5O. The van der Waals surface area contributed by atoms with Gasteiger partial charge in [0.25, 0.3) is 0 Å². The number of aromatic nitrogens is 3. The van der Waals surface area contributed by atoms with Crippen LogP contribution in [0, 0.1) is 0 Å². The van der Waals surface area contributed by atoms with Gasteiger partial charge in [-0.1, -0.05) is 17.7 Å². The van der Waals surface area contributed by atoms with Crippen molar-refractivity contribution < 1.29 is 4.79 Å². The topological polar surface area (TPSA) is 62.5 Å². The summed E-state index contributed by atoms with van der Waals surface area (Å²) >= 11 is 5.89. The van der Waals surface area contributed by atoms with Crippen LogP contribution in [-0.2, 0) is 4.79 Å². The maximum Gasteiger partial charge on any atom is 0.241 e. The Morgan fingerprint density at radius 1 is 1.15 bits per heavy atom. The smallest absolute Gasteiger partial charge is 0.241 e. The number of fused-ring (bicyclic) bond motifs is 1. The van der Waals surface area contributed by atoms with Crippen LogP contribution in [-0.4, -0.2) is 44.5 Å². The van der Waals surface area contributed by atoms with Gasteiger partial charge in [-0.2, -0.15) is 0 Å². The van der Waals surface area contributed by atoms with E-state index in [-0.39, 0.29) is 11.9 Å². The predicted octanol–water partition coefficient (Wildman–Crippen LogP) is 3.59. The average molecular weight is 384 g/mol. The van der Waals surface area contributed by atoms with E-state index in [1.165, 1.54) is 0 Å². The lowest BCUT2D eigenvalue weighted by Crippen LogP contribution is -2.45. The lowest BCUT2D eigenvalue weighted by Gasteiger charge is -2.34. The molecule has 4 rings (SSSR count). The summed E-state index contributed by atoms with van der Waals surface area (Å²) < 4.78 is 2.07. The largest absolute Gasteiger partial charge is 0.325 e. The summed E-state index contributed by atoms with van der Waals surface area (Å²) in [7, 11) is 0. The zero-order valence-corrected chi connectivity index (χ0v) is 15.9. The number of nitrogens with zero attached hydrogens (tertiary/aromatic N) is 4. The minimum absolute atomic E-state index is 0.00343. The van der Waals surface area contributed by atoms with E-state index in [1.54, 1.807) is 12.1 Å². The highest BCUT2D eigenvalue weighted by molar-refractivity contribution is 6.30. The number of carbonyl (C=O) groups excluding carboxylic acids is 1. The number of carbonyl (C=O) groups is 1. The van der Waals surface area contributed by atoms with Gasteiger partial charge in [0.2, 0.25) is 5.91 Å². The van der Waals surface area contributed by atoms with Gasteiger partial charge in [-0.3, -0.25) is 14.1 Å². The molecule has 1 aromatic carbocycles. The summed E-state index contributed by atoms with van der Waals surface area (Å²) in [6.45, 7) is 3.68. The van der Waals surface area contributed by atoms with E-state index in [4.69, 9.17) is 11.6 Å². The van der Waals surface area contributed by atoms with Crippen molar-refractivity contribution >= 4 is 28.8 Å². The van der Waals surface area contributed by atoms with E-state index in [0.717, 1.165) is 43.1 Å². The molecule has 0 bridgehead atoms. The number of piperidine rings is 1. The third-order valence-electron chi connectivity index (χ3n) is 5.27. The van der Waals surface area contributed by atoms with Gasteiger partial charge >= 0.3 is 0 Å². The second-order valence-corrected chi connectivity index (χ2v) is 7.41. The molecule has 1 aliphatic rings. The van der Waals surface area contributed by atoms with E-state index in [1.807, 2.05) is 43.5 Å². The molecule has 0 spiro atoms. The van der Waals surface area contributed by atoms with Gasteiger partial charge in [0.15, 0.2) is 5.65 Å². The lowest BCUT2D eigenvalue weighted by molar-refractivity contribution is -0.121. The highest BCUT2D eigenvalue weighted by Crippen LogP contribution is 2.28. The summed E-state index contributed by atoms with van der Waals surface area (Å²) in [5, 5.41) is 12.3. The van der Waals surface area contributed by atoms with Crippen LogP contribution in [0.15, 0.2) is 48.7 Å². The van der Waals surface area contributed by atoms with Crippen LogP contribution in [0.2, 0.25) is 5.02 Å². The van der Waals surface area contributed by atoms with Crippen molar-refractivity contribution in [2.75, 3.05) is 18.4 Å². The number of hydrogen-bond acceptors (Lipinski definition) is 4. The highest BCUT2D eigenvalue weighted by Gasteiger charge is 2.29. The Morgan fingerprint density at radius 2 is 1.89 bits per heavy atom. The number of rotatable bonds is 4. The predicted molar refractivity (Wildman–Crippen MR) is 106 cm³/mol. The molecular weight excluding hydrogens is 362 g/mol. The first kappa shape index (κ1) is 17.9. The second kappa shape index (κ2) is 7.66. The van der Waals surface area contributed by atoms with Crippen molar-refractivity contribution in [3.8, 4) is 0 Å². The summed E-state index contributed by atoms with van der Waals surface area (Å²) in [5.74, 6) is 1.39. The average Bonchev–Trinajstić information content (AvgIpc) is 3.13. The molecule has 1 fully saturated rings. The number of halogens is 1. The highest BCUT2D eigenvalue weighted by atomic mass is 35.5. The van der Waals surface area contributed by atoms with E-state index >= 15 is 0 Å². The number of benzene rings is 1. The fraction of sp³-hybridized carbons (Fsp3) is 0.350. The Hall–Kier alpha value is -2.44. The molecule has 0 aliphatic carbocycles. The first-order chi connectivity index (χ1) is 13.1. The summed E-state index contributed by atoms with van der Waals surface area (Å²) in [6.07, 6.45) is 3.95. The number of anilines is 1. The Morgan fingerprint density at radius 3 is 2.63 bits per heavy atom. The van der Waals surface area contributed by atoms with Crippen LogP contribution in [0.25, 0.3) is 5.65 Å². The molecule has 1 N–H and O–H groups in total. The Balaban J connectivity index is 1.37. The first-order valence-corrected chi connectivity index (χ1v) is 9.60. The fourth-order valence-electron chi connectivity index (χ4n) is 3.63. The molecule has 0 unspecified atom stereocenters. The maximum absolute atomic E-state index is 12.6. The van der Waals surface area contributed by atoms with Crippen LogP contribution in [0.1, 0.15) is 31.5 Å². The lowest BCUT2D eigenvalue weighted by atomic mass is 9.95. The molecule has 1 aliphatic heterocycles. The van der Waals surface area contributed by atoms with Gasteiger partial charge in [-0.15, -0.1) is 10.2 Å². The van der Waals surface area contributed by atoms with Gasteiger partial charge in [0, 0.05) is 22.8 Å². The molecule has 3 aromatic rings. The molecule has 140 valence electrons. The van der Waals surface area contributed by atoms with Crippen molar-refractivity contribution in [2.45, 2.75) is 31.7 Å². The van der Waals surface area contributed by atoms with Crippen LogP contribution in [0.4, 0.5) is 5.69 Å². The Labute approximate surface area is 163 Å². The van der Waals surface area contributed by atoms with Crippen molar-refractivity contribution in [1.82, 2.24) is 19.5 Å². The zero-order valence-electron chi connectivity index (χ0n) is 15.2. The van der Waals surface area contributed by atoms with Crippen molar-refractivity contribution in [3.05, 3.63) is 59.5 Å². The van der Waals surface area contributed by atoms with E-state index in [0.29, 0.717) is 10.9 Å². The summed E-state index contributed by atoms with van der Waals surface area (Å²) in [5.41, 5.74) is 1.65. The molecule has 27 heavy (non-hydrogen) atoms. The molecule has 7 heteroatoms. The molecule has 1 atom stereocenters. The van der Waals surface area contributed by atoms with E-state index in [9.17, 15) is 4.79 Å². The van der Waals surface area contributed by atoms with Crippen LogP contribution < -0.4 is 5.32 Å². The normalized spacial score (nSPS) is 17.1. The van der Waals surface area contributed by atoms with Crippen molar-refractivity contribution in [2.24, 2.45) is 0 Å². The van der Waals surface area contributed by atoms with E-state index in [2.05, 4.69) is 24.8 Å². The van der Waals surface area contributed by atoms with Gasteiger partial charge < -0.3 is 5.32 Å². The number of hydrogen-bond donors (Lipinski definition) is 1.